The number of ether oxygens (including phenoxy) is 1. The molecule has 0 aliphatic carbocycles. The van der Waals surface area contributed by atoms with Crippen molar-refractivity contribution >= 4 is 22.8 Å². The highest BCUT2D eigenvalue weighted by Gasteiger charge is 2.11. The Balaban J connectivity index is 1.58. The molecule has 0 saturated heterocycles. The van der Waals surface area contributed by atoms with Gasteiger partial charge in [-0.05, 0) is 31.5 Å². The molecular weight excluding hydrogens is 368 g/mol. The molecule has 8 nitrogen and oxygen atoms in total. The zero-order chi connectivity index (χ0) is 20.4. The van der Waals surface area contributed by atoms with Crippen LogP contribution >= 0.6 is 0 Å². The zero-order valence-electron chi connectivity index (χ0n) is 16.3. The van der Waals surface area contributed by atoms with Crippen molar-refractivity contribution in [2.75, 3.05) is 5.32 Å². The maximum absolute atomic E-state index is 12.6. The minimum atomic E-state index is -0.330. The number of rotatable bonds is 5. The Kier molecular flexibility index (Phi) is 4.90. The van der Waals surface area contributed by atoms with E-state index in [1.807, 2.05) is 45.3 Å². The van der Waals surface area contributed by atoms with Gasteiger partial charge in [-0.1, -0.05) is 12.1 Å². The molecule has 1 amide bonds. The van der Waals surface area contributed by atoms with Crippen molar-refractivity contribution in [3.05, 3.63) is 60.7 Å². The summed E-state index contributed by atoms with van der Waals surface area (Å²) in [6.07, 6.45) is 6.92. The Hall–Kier alpha value is -3.81. The van der Waals surface area contributed by atoms with E-state index in [2.05, 4.69) is 25.4 Å². The van der Waals surface area contributed by atoms with Crippen LogP contribution in [0.5, 0.6) is 5.88 Å². The molecule has 0 aliphatic rings. The number of nitrogens with zero attached hydrogens (tertiary/aromatic N) is 5. The van der Waals surface area contributed by atoms with E-state index in [0.29, 0.717) is 11.4 Å². The Bertz CT molecular complexity index is 1180. The van der Waals surface area contributed by atoms with E-state index in [1.54, 1.807) is 29.2 Å². The van der Waals surface area contributed by atoms with Crippen LogP contribution in [-0.4, -0.2) is 36.7 Å². The van der Waals surface area contributed by atoms with E-state index in [-0.39, 0.29) is 18.0 Å². The molecule has 4 aromatic rings. The van der Waals surface area contributed by atoms with Crippen molar-refractivity contribution in [2.24, 2.45) is 7.05 Å². The molecule has 0 spiro atoms. The number of carbonyl (C=O) groups is 1. The molecule has 3 aromatic heterocycles. The largest absolute Gasteiger partial charge is 0.475 e. The zero-order valence-corrected chi connectivity index (χ0v) is 16.3. The van der Waals surface area contributed by atoms with Crippen LogP contribution in [0.2, 0.25) is 0 Å². The summed E-state index contributed by atoms with van der Waals surface area (Å²) >= 11 is 0. The monoisotopic (exact) mass is 388 g/mol. The van der Waals surface area contributed by atoms with Crippen molar-refractivity contribution in [3.8, 4) is 17.0 Å². The van der Waals surface area contributed by atoms with Crippen molar-refractivity contribution in [3.63, 3.8) is 0 Å². The fourth-order valence-corrected chi connectivity index (χ4v) is 2.86. The van der Waals surface area contributed by atoms with Gasteiger partial charge in [-0.3, -0.25) is 14.8 Å². The van der Waals surface area contributed by atoms with Gasteiger partial charge in [0.1, 0.15) is 0 Å². The van der Waals surface area contributed by atoms with Gasteiger partial charge in [0.2, 0.25) is 11.8 Å². The number of nitrogens with one attached hydrogen (secondary N) is 1. The summed E-state index contributed by atoms with van der Waals surface area (Å²) in [5.41, 5.74) is 3.14. The van der Waals surface area contributed by atoms with Gasteiger partial charge in [0.15, 0.2) is 0 Å². The summed E-state index contributed by atoms with van der Waals surface area (Å²) in [7, 11) is 1.87. The minimum absolute atomic E-state index is 0.0290. The number of amides is 1. The first kappa shape index (κ1) is 18.5. The van der Waals surface area contributed by atoms with Gasteiger partial charge in [0.05, 0.1) is 17.8 Å². The Morgan fingerprint density at radius 3 is 2.72 bits per heavy atom. The van der Waals surface area contributed by atoms with Crippen molar-refractivity contribution in [1.29, 1.82) is 0 Å². The SMILES string of the molecule is CC(C)Oc1cc(C(=O)Nc2ncc3ccc(-c4cnn(C)c4)cc3n2)ccn1. The van der Waals surface area contributed by atoms with Crippen LogP contribution < -0.4 is 10.1 Å². The highest BCUT2D eigenvalue weighted by atomic mass is 16.5. The first-order valence-electron chi connectivity index (χ1n) is 9.18. The molecule has 0 atom stereocenters. The van der Waals surface area contributed by atoms with Crippen LogP contribution in [0.25, 0.3) is 22.0 Å². The fourth-order valence-electron chi connectivity index (χ4n) is 2.86. The van der Waals surface area contributed by atoms with E-state index in [4.69, 9.17) is 4.74 Å². The summed E-state index contributed by atoms with van der Waals surface area (Å²) < 4.78 is 7.29. The lowest BCUT2D eigenvalue weighted by molar-refractivity contribution is 0.102. The van der Waals surface area contributed by atoms with E-state index in [0.717, 1.165) is 22.0 Å². The minimum Gasteiger partial charge on any atom is -0.475 e. The van der Waals surface area contributed by atoms with Crippen LogP contribution in [0.3, 0.4) is 0 Å². The van der Waals surface area contributed by atoms with E-state index < -0.39 is 0 Å². The summed E-state index contributed by atoms with van der Waals surface area (Å²) in [5, 5.41) is 7.81. The molecular formula is C21H20N6O2. The number of hydrogen-bond donors (Lipinski definition) is 1. The predicted octanol–water partition coefficient (Wildman–Crippen LogP) is 3.46. The summed E-state index contributed by atoms with van der Waals surface area (Å²) in [5.74, 6) is 0.297. The highest BCUT2D eigenvalue weighted by Crippen LogP contribution is 2.23. The number of fused-ring (bicyclic) bond motifs is 1. The second kappa shape index (κ2) is 7.67. The fraction of sp³-hybridized carbons (Fsp3) is 0.190. The second-order valence-corrected chi connectivity index (χ2v) is 6.87. The Morgan fingerprint density at radius 2 is 1.97 bits per heavy atom. The predicted molar refractivity (Wildman–Crippen MR) is 110 cm³/mol. The number of anilines is 1. The van der Waals surface area contributed by atoms with Crippen molar-refractivity contribution in [1.82, 2.24) is 24.7 Å². The molecule has 1 aromatic carbocycles. The first-order chi connectivity index (χ1) is 14.0. The maximum Gasteiger partial charge on any atom is 0.258 e. The Morgan fingerprint density at radius 1 is 1.10 bits per heavy atom. The number of hydrogen-bond acceptors (Lipinski definition) is 6. The van der Waals surface area contributed by atoms with Crippen LogP contribution in [0, 0.1) is 0 Å². The number of aromatic nitrogens is 5. The average Bonchev–Trinajstić information content (AvgIpc) is 3.13. The molecule has 29 heavy (non-hydrogen) atoms. The molecule has 0 fully saturated rings. The van der Waals surface area contributed by atoms with Gasteiger partial charge in [-0.25, -0.2) is 15.0 Å². The molecule has 8 heteroatoms. The number of benzene rings is 1. The molecule has 146 valence electrons. The molecule has 0 bridgehead atoms. The lowest BCUT2D eigenvalue weighted by Crippen LogP contribution is -2.15. The normalized spacial score (nSPS) is 11.0. The van der Waals surface area contributed by atoms with Crippen LogP contribution in [-0.2, 0) is 7.05 Å². The topological polar surface area (TPSA) is 94.8 Å². The van der Waals surface area contributed by atoms with Gasteiger partial charge in [0, 0.05) is 48.2 Å². The third-order valence-corrected chi connectivity index (χ3v) is 4.20. The molecule has 0 aliphatic heterocycles. The number of pyridine rings is 1. The molecule has 0 saturated carbocycles. The van der Waals surface area contributed by atoms with Gasteiger partial charge < -0.3 is 4.74 Å². The van der Waals surface area contributed by atoms with Gasteiger partial charge >= 0.3 is 0 Å². The van der Waals surface area contributed by atoms with E-state index >= 15 is 0 Å². The van der Waals surface area contributed by atoms with Crippen LogP contribution in [0.15, 0.2) is 55.1 Å². The van der Waals surface area contributed by atoms with Crippen LogP contribution in [0.4, 0.5) is 5.95 Å². The van der Waals surface area contributed by atoms with Crippen molar-refractivity contribution in [2.45, 2.75) is 20.0 Å². The number of carbonyl (C=O) groups excluding carboxylic acids is 1. The van der Waals surface area contributed by atoms with E-state index in [1.165, 1.54) is 6.20 Å². The van der Waals surface area contributed by atoms with Gasteiger partial charge in [-0.2, -0.15) is 5.10 Å². The third kappa shape index (κ3) is 4.21. The van der Waals surface area contributed by atoms with Crippen LogP contribution in [0.1, 0.15) is 24.2 Å². The summed E-state index contributed by atoms with van der Waals surface area (Å²) in [4.78, 5) is 25.4. The molecule has 1 N–H and O–H groups in total. The van der Waals surface area contributed by atoms with E-state index in [9.17, 15) is 4.79 Å². The molecule has 4 rings (SSSR count). The molecule has 3 heterocycles. The average molecular weight is 388 g/mol. The number of aryl methyl sites for hydroxylation is 1. The molecule has 0 unspecified atom stereocenters. The first-order valence-corrected chi connectivity index (χ1v) is 9.18. The van der Waals surface area contributed by atoms with Gasteiger partial charge in [-0.15, -0.1) is 0 Å². The smallest absolute Gasteiger partial charge is 0.258 e. The second-order valence-electron chi connectivity index (χ2n) is 6.87. The Labute approximate surface area is 167 Å². The lowest BCUT2D eigenvalue weighted by atomic mass is 10.1. The standard InChI is InChI=1S/C21H20N6O2/c1-13(2)29-19-9-15(6-7-22-19)20(28)26-21-23-10-16-5-4-14(8-18(16)25-21)17-11-24-27(3)12-17/h4-13H,1-3H3,(H,23,25,26,28). The highest BCUT2D eigenvalue weighted by molar-refractivity contribution is 6.03. The molecule has 0 radical (unpaired) electrons. The summed E-state index contributed by atoms with van der Waals surface area (Å²) in [6.45, 7) is 3.80. The maximum atomic E-state index is 12.6. The lowest BCUT2D eigenvalue weighted by Gasteiger charge is -2.10. The van der Waals surface area contributed by atoms with Gasteiger partial charge in [0.25, 0.3) is 5.91 Å². The quantitative estimate of drug-likeness (QED) is 0.563. The van der Waals surface area contributed by atoms with Crippen molar-refractivity contribution < 1.29 is 9.53 Å². The summed E-state index contributed by atoms with van der Waals surface area (Å²) in [6, 6.07) is 9.10. The third-order valence-electron chi connectivity index (χ3n) is 4.20.